The van der Waals surface area contributed by atoms with Crippen LogP contribution in [-0.4, -0.2) is 18.7 Å². The molecule has 3 heteroatoms. The summed E-state index contributed by atoms with van der Waals surface area (Å²) in [6, 6.07) is 0. The molecule has 0 saturated heterocycles. The van der Waals surface area contributed by atoms with Crippen LogP contribution in [-0.2, 0) is 0 Å². The molecule has 0 aromatic carbocycles. The van der Waals surface area contributed by atoms with E-state index in [1.54, 1.807) is 6.34 Å². The molecule has 0 fully saturated rings. The minimum absolute atomic E-state index is 0.208. The third-order valence-electron chi connectivity index (χ3n) is 2.35. The molecular formula is C9H13N3. The molecule has 2 aliphatic heterocycles. The highest BCUT2D eigenvalue weighted by atomic mass is 15.1. The first-order valence-corrected chi connectivity index (χ1v) is 4.30. The molecule has 0 saturated carbocycles. The van der Waals surface area contributed by atoms with Gasteiger partial charge in [0, 0.05) is 6.21 Å². The first kappa shape index (κ1) is 7.53. The van der Waals surface area contributed by atoms with Crippen LogP contribution in [0.4, 0.5) is 0 Å². The maximum atomic E-state index is 4.24. The van der Waals surface area contributed by atoms with Crippen LogP contribution < -0.4 is 5.32 Å². The maximum Gasteiger partial charge on any atom is 0.131 e. The average molecular weight is 163 g/mol. The van der Waals surface area contributed by atoms with Crippen molar-refractivity contribution in [1.82, 2.24) is 5.32 Å². The van der Waals surface area contributed by atoms with E-state index in [-0.39, 0.29) is 6.17 Å². The first-order valence-electron chi connectivity index (χ1n) is 4.30. The average Bonchev–Trinajstić information content (AvgIpc) is 2.47. The molecule has 3 nitrogen and oxygen atoms in total. The van der Waals surface area contributed by atoms with Gasteiger partial charge in [-0.3, -0.25) is 0 Å². The zero-order chi connectivity index (χ0) is 8.55. The minimum Gasteiger partial charge on any atom is -0.369 e. The molecule has 0 aromatic rings. The fraction of sp³-hybridized carbons (Fsp3) is 0.556. The number of rotatable bonds is 1. The topological polar surface area (TPSA) is 36.8 Å². The van der Waals surface area contributed by atoms with Gasteiger partial charge in [0.2, 0.25) is 0 Å². The number of nitrogens with zero attached hydrogens (tertiary/aromatic N) is 2. The fourth-order valence-corrected chi connectivity index (χ4v) is 1.66. The largest absolute Gasteiger partial charge is 0.369 e. The van der Waals surface area contributed by atoms with Crippen LogP contribution in [0.1, 0.15) is 13.8 Å². The van der Waals surface area contributed by atoms with Crippen molar-refractivity contribution in [1.29, 1.82) is 0 Å². The van der Waals surface area contributed by atoms with E-state index < -0.39 is 0 Å². The monoisotopic (exact) mass is 163 g/mol. The van der Waals surface area contributed by atoms with E-state index in [1.165, 1.54) is 5.57 Å². The molecule has 0 aliphatic carbocycles. The van der Waals surface area contributed by atoms with E-state index >= 15 is 0 Å². The zero-order valence-corrected chi connectivity index (χ0v) is 7.36. The Hall–Kier alpha value is -1.12. The summed E-state index contributed by atoms with van der Waals surface area (Å²) in [4.78, 5) is 8.29. The van der Waals surface area contributed by atoms with Gasteiger partial charge in [-0.15, -0.1) is 0 Å². The van der Waals surface area contributed by atoms with Crippen molar-refractivity contribution in [3.8, 4) is 0 Å². The van der Waals surface area contributed by atoms with Gasteiger partial charge in [-0.2, -0.15) is 0 Å². The lowest BCUT2D eigenvalue weighted by Crippen LogP contribution is -2.29. The van der Waals surface area contributed by atoms with E-state index in [0.29, 0.717) is 11.8 Å². The van der Waals surface area contributed by atoms with Crippen LogP contribution in [0.5, 0.6) is 0 Å². The smallest absolute Gasteiger partial charge is 0.131 e. The Morgan fingerprint density at radius 2 is 2.33 bits per heavy atom. The molecular weight excluding hydrogens is 150 g/mol. The summed E-state index contributed by atoms with van der Waals surface area (Å²) in [6.07, 6.45) is 5.88. The van der Waals surface area contributed by atoms with Crippen molar-refractivity contribution in [2.24, 2.45) is 21.8 Å². The predicted molar refractivity (Wildman–Crippen MR) is 50.3 cm³/mol. The van der Waals surface area contributed by atoms with Gasteiger partial charge < -0.3 is 5.32 Å². The third-order valence-corrected chi connectivity index (χ3v) is 2.35. The molecule has 2 rings (SSSR count). The molecule has 0 amide bonds. The summed E-state index contributed by atoms with van der Waals surface area (Å²) in [7, 11) is 0. The SMILES string of the molecule is CC(C)C1=CNC2N=CN=CC12. The molecule has 0 bridgehead atoms. The molecule has 2 heterocycles. The van der Waals surface area contributed by atoms with Crippen LogP contribution in [0.15, 0.2) is 21.8 Å². The van der Waals surface area contributed by atoms with E-state index in [2.05, 4.69) is 35.3 Å². The molecule has 64 valence electrons. The van der Waals surface area contributed by atoms with E-state index in [4.69, 9.17) is 0 Å². The lowest BCUT2D eigenvalue weighted by Gasteiger charge is -2.18. The standard InChI is InChI=1S/C9H13N3/c1-6(2)7-4-11-9-8(7)3-10-5-12-9/h3-6,8-9,11H,1-2H3. The predicted octanol–water partition coefficient (Wildman–Crippen LogP) is 1.18. The molecule has 0 spiro atoms. The van der Waals surface area contributed by atoms with E-state index in [0.717, 1.165) is 0 Å². The third kappa shape index (κ3) is 1.05. The maximum absolute atomic E-state index is 4.24. The Kier molecular flexibility index (Phi) is 1.71. The van der Waals surface area contributed by atoms with Gasteiger partial charge in [0.15, 0.2) is 0 Å². The van der Waals surface area contributed by atoms with Crippen molar-refractivity contribution in [2.75, 3.05) is 0 Å². The molecule has 0 radical (unpaired) electrons. The number of hydrogen-bond acceptors (Lipinski definition) is 3. The van der Waals surface area contributed by atoms with Gasteiger partial charge in [0.05, 0.1) is 5.92 Å². The highest BCUT2D eigenvalue weighted by Crippen LogP contribution is 2.27. The second kappa shape index (κ2) is 2.73. The van der Waals surface area contributed by atoms with Gasteiger partial charge in [-0.25, -0.2) is 9.98 Å². The highest BCUT2D eigenvalue weighted by Gasteiger charge is 2.29. The van der Waals surface area contributed by atoms with Crippen LogP contribution in [0.2, 0.25) is 0 Å². The van der Waals surface area contributed by atoms with Gasteiger partial charge in [-0.05, 0) is 17.7 Å². The van der Waals surface area contributed by atoms with Crippen LogP contribution >= 0.6 is 0 Å². The van der Waals surface area contributed by atoms with E-state index in [1.807, 2.05) is 6.21 Å². The van der Waals surface area contributed by atoms with Gasteiger partial charge in [0.25, 0.3) is 0 Å². The fourth-order valence-electron chi connectivity index (χ4n) is 1.66. The molecule has 12 heavy (non-hydrogen) atoms. The van der Waals surface area contributed by atoms with Crippen molar-refractivity contribution < 1.29 is 0 Å². The summed E-state index contributed by atoms with van der Waals surface area (Å²) >= 11 is 0. The minimum atomic E-state index is 0.208. The number of hydrogen-bond donors (Lipinski definition) is 1. The Balaban J connectivity index is 2.20. The van der Waals surface area contributed by atoms with Crippen molar-refractivity contribution in [3.05, 3.63) is 11.8 Å². The zero-order valence-electron chi connectivity index (χ0n) is 7.36. The van der Waals surface area contributed by atoms with Crippen molar-refractivity contribution in [3.63, 3.8) is 0 Å². The Labute approximate surface area is 72.3 Å². The summed E-state index contributed by atoms with van der Waals surface area (Å²) in [5.74, 6) is 0.960. The molecule has 2 unspecified atom stereocenters. The summed E-state index contributed by atoms with van der Waals surface area (Å²) in [5.41, 5.74) is 1.40. The van der Waals surface area contributed by atoms with Gasteiger partial charge >= 0.3 is 0 Å². The number of nitrogens with one attached hydrogen (secondary N) is 1. The molecule has 2 atom stereocenters. The van der Waals surface area contributed by atoms with Crippen molar-refractivity contribution in [2.45, 2.75) is 20.0 Å². The Morgan fingerprint density at radius 1 is 1.50 bits per heavy atom. The summed E-state index contributed by atoms with van der Waals surface area (Å²) in [6.45, 7) is 4.39. The molecule has 1 N–H and O–H groups in total. The lowest BCUT2D eigenvalue weighted by molar-refractivity contribution is 0.558. The summed E-state index contributed by atoms with van der Waals surface area (Å²) in [5, 5.41) is 3.24. The quantitative estimate of drug-likeness (QED) is 0.619. The van der Waals surface area contributed by atoms with Crippen LogP contribution in [0, 0.1) is 11.8 Å². The highest BCUT2D eigenvalue weighted by molar-refractivity contribution is 5.79. The second-order valence-corrected chi connectivity index (χ2v) is 3.50. The van der Waals surface area contributed by atoms with Crippen LogP contribution in [0.3, 0.4) is 0 Å². The van der Waals surface area contributed by atoms with E-state index in [9.17, 15) is 0 Å². The first-order chi connectivity index (χ1) is 5.79. The number of aliphatic imine (C=N–C) groups is 2. The van der Waals surface area contributed by atoms with Crippen molar-refractivity contribution >= 4 is 12.6 Å². The Bertz CT molecular complexity index is 263. The molecule has 0 aromatic heterocycles. The number of fused-ring (bicyclic) bond motifs is 1. The Morgan fingerprint density at radius 3 is 3.08 bits per heavy atom. The molecule has 2 aliphatic rings. The van der Waals surface area contributed by atoms with Crippen LogP contribution in [0.25, 0.3) is 0 Å². The van der Waals surface area contributed by atoms with Gasteiger partial charge in [0.1, 0.15) is 12.5 Å². The van der Waals surface area contributed by atoms with Gasteiger partial charge in [-0.1, -0.05) is 13.8 Å². The lowest BCUT2D eigenvalue weighted by atomic mass is 9.92. The normalized spacial score (nSPS) is 31.8. The summed E-state index contributed by atoms with van der Waals surface area (Å²) < 4.78 is 0. The second-order valence-electron chi connectivity index (χ2n) is 3.50.